The SMILES string of the molecule is CCC(C)(CC)NC(=O)c1cc(F)cc(S(=O)(=O)Cl)c1. The molecule has 0 spiro atoms. The van der Waals surface area contributed by atoms with E-state index in [1.165, 1.54) is 0 Å². The summed E-state index contributed by atoms with van der Waals surface area (Å²) < 4.78 is 35.9. The van der Waals surface area contributed by atoms with Crippen LogP contribution < -0.4 is 5.32 Å². The summed E-state index contributed by atoms with van der Waals surface area (Å²) in [5.41, 5.74) is -0.499. The maximum Gasteiger partial charge on any atom is 0.261 e. The van der Waals surface area contributed by atoms with Crippen molar-refractivity contribution in [3.05, 3.63) is 29.6 Å². The summed E-state index contributed by atoms with van der Waals surface area (Å²) in [5.74, 6) is -1.36. The molecule has 0 fully saturated rings. The molecule has 0 bridgehead atoms. The summed E-state index contributed by atoms with van der Waals surface area (Å²) in [5, 5.41) is 2.77. The molecule has 7 heteroatoms. The van der Waals surface area contributed by atoms with E-state index in [9.17, 15) is 17.6 Å². The first kappa shape index (κ1) is 16.9. The molecule has 1 aromatic rings. The number of carbonyl (C=O) groups excluding carboxylic acids is 1. The maximum atomic E-state index is 13.4. The smallest absolute Gasteiger partial charge is 0.261 e. The van der Waals surface area contributed by atoms with Crippen LogP contribution in [0.3, 0.4) is 0 Å². The van der Waals surface area contributed by atoms with Crippen LogP contribution in [-0.2, 0) is 9.05 Å². The van der Waals surface area contributed by atoms with E-state index in [0.29, 0.717) is 12.8 Å². The van der Waals surface area contributed by atoms with Gasteiger partial charge in [0, 0.05) is 21.8 Å². The molecule has 0 aromatic heterocycles. The van der Waals surface area contributed by atoms with E-state index in [0.717, 1.165) is 18.2 Å². The third kappa shape index (κ3) is 4.18. The van der Waals surface area contributed by atoms with E-state index in [4.69, 9.17) is 10.7 Å². The second-order valence-electron chi connectivity index (χ2n) is 4.84. The second-order valence-corrected chi connectivity index (χ2v) is 7.40. The molecule has 0 aliphatic carbocycles. The lowest BCUT2D eigenvalue weighted by atomic mass is 9.95. The van der Waals surface area contributed by atoms with Gasteiger partial charge in [-0.25, -0.2) is 12.8 Å². The summed E-state index contributed by atoms with van der Waals surface area (Å²) in [6, 6.07) is 2.82. The number of nitrogens with one attached hydrogen (secondary N) is 1. The lowest BCUT2D eigenvalue weighted by Crippen LogP contribution is -2.45. The topological polar surface area (TPSA) is 63.2 Å². The third-order valence-corrected chi connectivity index (χ3v) is 4.72. The normalized spacial score (nSPS) is 12.2. The van der Waals surface area contributed by atoms with Gasteiger partial charge in [-0.1, -0.05) is 13.8 Å². The lowest BCUT2D eigenvalue weighted by molar-refractivity contribution is 0.0900. The van der Waals surface area contributed by atoms with Crippen molar-refractivity contribution >= 4 is 25.6 Å². The standard InChI is InChI=1S/C13H17ClFNO3S/c1-4-13(3,5-2)16-12(17)9-6-10(15)8-11(7-9)20(14,18)19/h6-8H,4-5H2,1-3H3,(H,16,17). The fourth-order valence-electron chi connectivity index (χ4n) is 1.61. The molecule has 0 atom stereocenters. The second kappa shape index (κ2) is 6.10. The molecule has 20 heavy (non-hydrogen) atoms. The molecule has 1 rings (SSSR count). The minimum Gasteiger partial charge on any atom is -0.347 e. The van der Waals surface area contributed by atoms with E-state index in [2.05, 4.69) is 5.32 Å². The Bertz CT molecular complexity index is 612. The van der Waals surface area contributed by atoms with Crippen LogP contribution in [0.5, 0.6) is 0 Å². The first-order valence-electron chi connectivity index (χ1n) is 6.19. The highest BCUT2D eigenvalue weighted by atomic mass is 35.7. The summed E-state index contributed by atoms with van der Waals surface area (Å²) in [6.45, 7) is 5.71. The summed E-state index contributed by atoms with van der Waals surface area (Å²) >= 11 is 0. The lowest BCUT2D eigenvalue weighted by Gasteiger charge is -2.28. The Morgan fingerprint density at radius 1 is 1.30 bits per heavy atom. The van der Waals surface area contributed by atoms with Crippen LogP contribution in [-0.4, -0.2) is 19.9 Å². The molecule has 0 radical (unpaired) electrons. The Morgan fingerprint density at radius 2 is 1.85 bits per heavy atom. The van der Waals surface area contributed by atoms with E-state index >= 15 is 0 Å². The van der Waals surface area contributed by atoms with E-state index < -0.39 is 31.2 Å². The van der Waals surface area contributed by atoms with Gasteiger partial charge in [0.2, 0.25) is 0 Å². The molecular formula is C13H17ClFNO3S. The molecule has 4 nitrogen and oxygen atoms in total. The van der Waals surface area contributed by atoms with Gasteiger partial charge >= 0.3 is 0 Å². The number of halogens is 2. The fourth-order valence-corrected chi connectivity index (χ4v) is 2.40. The molecule has 0 heterocycles. The summed E-state index contributed by atoms with van der Waals surface area (Å²) in [6.07, 6.45) is 1.40. The minimum atomic E-state index is -4.08. The zero-order valence-electron chi connectivity index (χ0n) is 11.5. The van der Waals surface area contributed by atoms with Crippen LogP contribution in [0, 0.1) is 5.82 Å². The van der Waals surface area contributed by atoms with Crippen LogP contribution in [0.2, 0.25) is 0 Å². The van der Waals surface area contributed by atoms with Gasteiger partial charge in [-0.2, -0.15) is 0 Å². The summed E-state index contributed by atoms with van der Waals surface area (Å²) in [4.78, 5) is 11.7. The molecule has 0 saturated heterocycles. The fraction of sp³-hybridized carbons (Fsp3) is 0.462. The van der Waals surface area contributed by atoms with Crippen molar-refractivity contribution in [2.24, 2.45) is 0 Å². The highest BCUT2D eigenvalue weighted by molar-refractivity contribution is 8.13. The number of carbonyl (C=O) groups is 1. The Labute approximate surface area is 122 Å². The van der Waals surface area contributed by atoms with Crippen LogP contribution in [0.4, 0.5) is 4.39 Å². The van der Waals surface area contributed by atoms with Gasteiger partial charge in [-0.05, 0) is 38.0 Å². The predicted octanol–water partition coefficient (Wildman–Crippen LogP) is 3.06. The van der Waals surface area contributed by atoms with Gasteiger partial charge in [0.25, 0.3) is 15.0 Å². The van der Waals surface area contributed by atoms with Crippen molar-refractivity contribution in [1.82, 2.24) is 5.32 Å². The highest BCUT2D eigenvalue weighted by Crippen LogP contribution is 2.20. The molecule has 1 aromatic carbocycles. The van der Waals surface area contributed by atoms with Crippen molar-refractivity contribution in [3.8, 4) is 0 Å². The van der Waals surface area contributed by atoms with Crippen LogP contribution in [0.25, 0.3) is 0 Å². The first-order chi connectivity index (χ1) is 9.11. The van der Waals surface area contributed by atoms with Gasteiger partial charge in [0.05, 0.1) is 4.90 Å². The van der Waals surface area contributed by atoms with Gasteiger partial charge in [0.15, 0.2) is 0 Å². The third-order valence-electron chi connectivity index (χ3n) is 3.39. The first-order valence-corrected chi connectivity index (χ1v) is 8.50. The molecule has 0 aliphatic rings. The van der Waals surface area contributed by atoms with Crippen LogP contribution in [0.15, 0.2) is 23.1 Å². The number of hydrogen-bond acceptors (Lipinski definition) is 3. The largest absolute Gasteiger partial charge is 0.347 e. The van der Waals surface area contributed by atoms with Gasteiger partial charge < -0.3 is 5.32 Å². The molecule has 0 saturated carbocycles. The van der Waals surface area contributed by atoms with Crippen molar-refractivity contribution in [1.29, 1.82) is 0 Å². The van der Waals surface area contributed by atoms with Crippen LogP contribution in [0.1, 0.15) is 44.0 Å². The molecular weight excluding hydrogens is 305 g/mol. The molecule has 1 N–H and O–H groups in total. The highest BCUT2D eigenvalue weighted by Gasteiger charge is 2.24. The molecule has 112 valence electrons. The zero-order chi connectivity index (χ0) is 15.6. The van der Waals surface area contributed by atoms with Crippen molar-refractivity contribution < 1.29 is 17.6 Å². The van der Waals surface area contributed by atoms with Crippen molar-refractivity contribution in [2.45, 2.75) is 44.0 Å². The van der Waals surface area contributed by atoms with E-state index in [1.807, 2.05) is 20.8 Å². The number of benzene rings is 1. The molecule has 1 amide bonds. The molecule has 0 unspecified atom stereocenters. The quantitative estimate of drug-likeness (QED) is 0.848. The Morgan fingerprint density at radius 3 is 2.30 bits per heavy atom. The Kier molecular flexibility index (Phi) is 5.15. The maximum absolute atomic E-state index is 13.4. The van der Waals surface area contributed by atoms with E-state index in [-0.39, 0.29) is 5.56 Å². The monoisotopic (exact) mass is 321 g/mol. The summed E-state index contributed by atoms with van der Waals surface area (Å²) in [7, 11) is 1.08. The number of rotatable bonds is 5. The Balaban J connectivity index is 3.15. The number of amides is 1. The predicted molar refractivity (Wildman–Crippen MR) is 75.9 cm³/mol. The minimum absolute atomic E-state index is 0.0719. The Hall–Kier alpha value is -1.14. The van der Waals surface area contributed by atoms with Gasteiger partial charge in [-0.3, -0.25) is 4.79 Å². The average molecular weight is 322 g/mol. The number of hydrogen-bond donors (Lipinski definition) is 1. The average Bonchev–Trinajstić information content (AvgIpc) is 2.36. The van der Waals surface area contributed by atoms with Gasteiger partial charge in [0.1, 0.15) is 5.82 Å². The van der Waals surface area contributed by atoms with Crippen molar-refractivity contribution in [2.75, 3.05) is 0 Å². The van der Waals surface area contributed by atoms with Gasteiger partial charge in [-0.15, -0.1) is 0 Å². The van der Waals surface area contributed by atoms with Crippen LogP contribution >= 0.6 is 10.7 Å². The van der Waals surface area contributed by atoms with E-state index in [1.54, 1.807) is 0 Å². The zero-order valence-corrected chi connectivity index (χ0v) is 13.1. The van der Waals surface area contributed by atoms with Crippen molar-refractivity contribution in [3.63, 3.8) is 0 Å². The molecule has 0 aliphatic heterocycles.